The second-order valence-electron chi connectivity index (χ2n) is 10.6. The smallest absolute Gasteiger partial charge is 0.139 e. The third-order valence-electron chi connectivity index (χ3n) is 6.15. The summed E-state index contributed by atoms with van der Waals surface area (Å²) in [5.41, 5.74) is 0.508. The van der Waals surface area contributed by atoms with Gasteiger partial charge in [0, 0.05) is 11.8 Å². The third-order valence-corrected chi connectivity index (χ3v) is 6.15. The maximum atomic E-state index is 13.1. The Balaban J connectivity index is 2.68. The Morgan fingerprint density at radius 3 is 1.86 bits per heavy atom. The average molecular weight is 309 g/mol. The lowest BCUT2D eigenvalue weighted by molar-refractivity contribution is -0.136. The molecule has 1 nitrogen and oxygen atoms in total. The van der Waals surface area contributed by atoms with E-state index in [2.05, 4.69) is 55.4 Å². The van der Waals surface area contributed by atoms with Gasteiger partial charge in [-0.15, -0.1) is 0 Å². The van der Waals surface area contributed by atoms with Gasteiger partial charge in [-0.2, -0.15) is 0 Å². The van der Waals surface area contributed by atoms with Crippen LogP contribution in [0, 0.1) is 21.7 Å². The molecule has 130 valence electrons. The van der Waals surface area contributed by atoms with Crippen molar-refractivity contribution in [2.45, 2.75) is 107 Å². The molecule has 1 atom stereocenters. The maximum Gasteiger partial charge on any atom is 0.139 e. The summed E-state index contributed by atoms with van der Waals surface area (Å²) in [6, 6.07) is 0. The monoisotopic (exact) mass is 308 g/mol. The first-order valence-corrected chi connectivity index (χ1v) is 9.33. The van der Waals surface area contributed by atoms with Crippen LogP contribution in [0.15, 0.2) is 0 Å². The molecule has 22 heavy (non-hydrogen) atoms. The van der Waals surface area contributed by atoms with Crippen molar-refractivity contribution in [2.75, 3.05) is 0 Å². The fourth-order valence-electron chi connectivity index (χ4n) is 4.27. The van der Waals surface area contributed by atoms with E-state index in [0.717, 1.165) is 19.3 Å². The summed E-state index contributed by atoms with van der Waals surface area (Å²) in [6.45, 7) is 18.1. The standard InChI is InChI=1S/C21H40O/c1-18(2,3)16-21(8,19(4,5)6)17(22)12-11-15-20(7)13-9-10-14-20/h9-16H2,1-8H3. The van der Waals surface area contributed by atoms with Crippen LogP contribution in [0.3, 0.4) is 0 Å². The van der Waals surface area contributed by atoms with E-state index in [0.29, 0.717) is 11.2 Å². The lowest BCUT2D eigenvalue weighted by atomic mass is 9.58. The SMILES string of the molecule is CC(C)(C)CC(C)(C(=O)CCCC1(C)CCCC1)C(C)(C)C. The molecule has 0 aromatic rings. The summed E-state index contributed by atoms with van der Waals surface area (Å²) in [4.78, 5) is 13.1. The van der Waals surface area contributed by atoms with E-state index in [1.54, 1.807) is 0 Å². The fraction of sp³-hybridized carbons (Fsp3) is 0.952. The molecular weight excluding hydrogens is 268 g/mol. The highest BCUT2D eigenvalue weighted by Crippen LogP contribution is 2.48. The minimum atomic E-state index is -0.220. The lowest BCUT2D eigenvalue weighted by Gasteiger charge is -2.44. The minimum Gasteiger partial charge on any atom is -0.299 e. The molecule has 1 unspecified atom stereocenters. The van der Waals surface area contributed by atoms with Crippen LogP contribution >= 0.6 is 0 Å². The number of hydrogen-bond acceptors (Lipinski definition) is 1. The highest BCUT2D eigenvalue weighted by atomic mass is 16.1. The summed E-state index contributed by atoms with van der Waals surface area (Å²) < 4.78 is 0. The second kappa shape index (κ2) is 6.65. The summed E-state index contributed by atoms with van der Waals surface area (Å²) in [7, 11) is 0. The third kappa shape index (κ3) is 5.10. The zero-order chi connectivity index (χ0) is 17.2. The van der Waals surface area contributed by atoms with Crippen molar-refractivity contribution in [3.63, 3.8) is 0 Å². The van der Waals surface area contributed by atoms with Gasteiger partial charge in [-0.05, 0) is 48.3 Å². The molecule has 1 aliphatic rings. The van der Waals surface area contributed by atoms with Crippen molar-refractivity contribution in [3.05, 3.63) is 0 Å². The molecule has 0 aromatic heterocycles. The first-order chi connectivity index (χ1) is 9.79. The van der Waals surface area contributed by atoms with Crippen molar-refractivity contribution < 1.29 is 4.79 Å². The predicted molar refractivity (Wildman–Crippen MR) is 97.1 cm³/mol. The van der Waals surface area contributed by atoms with Gasteiger partial charge in [-0.3, -0.25) is 4.79 Å². The normalized spacial score (nSPS) is 21.6. The van der Waals surface area contributed by atoms with Crippen molar-refractivity contribution in [2.24, 2.45) is 21.7 Å². The first-order valence-electron chi connectivity index (χ1n) is 9.33. The summed E-state index contributed by atoms with van der Waals surface area (Å²) in [6.07, 6.45) is 9.53. The van der Waals surface area contributed by atoms with Crippen LogP contribution in [0.4, 0.5) is 0 Å². The number of carbonyl (C=O) groups is 1. The van der Waals surface area contributed by atoms with Gasteiger partial charge in [-0.1, -0.05) is 68.2 Å². The molecule has 0 bridgehead atoms. The van der Waals surface area contributed by atoms with E-state index in [-0.39, 0.29) is 16.2 Å². The fourth-order valence-corrected chi connectivity index (χ4v) is 4.27. The molecule has 0 saturated heterocycles. The molecule has 1 aliphatic carbocycles. The highest BCUT2D eigenvalue weighted by Gasteiger charge is 2.45. The van der Waals surface area contributed by atoms with Crippen LogP contribution in [0.2, 0.25) is 0 Å². The van der Waals surface area contributed by atoms with Crippen LogP contribution in [0.5, 0.6) is 0 Å². The zero-order valence-electron chi connectivity index (χ0n) is 16.6. The number of hydrogen-bond donors (Lipinski definition) is 0. The van der Waals surface area contributed by atoms with Gasteiger partial charge in [0.15, 0.2) is 0 Å². The van der Waals surface area contributed by atoms with Gasteiger partial charge in [-0.25, -0.2) is 0 Å². The van der Waals surface area contributed by atoms with Crippen LogP contribution in [-0.4, -0.2) is 5.78 Å². The van der Waals surface area contributed by atoms with Crippen molar-refractivity contribution in [1.29, 1.82) is 0 Å². The molecule has 1 saturated carbocycles. The Kier molecular flexibility index (Phi) is 5.96. The Morgan fingerprint density at radius 1 is 0.955 bits per heavy atom. The Bertz CT molecular complexity index is 374. The number of rotatable bonds is 6. The Morgan fingerprint density at radius 2 is 1.45 bits per heavy atom. The summed E-state index contributed by atoms with van der Waals surface area (Å²) >= 11 is 0. The molecule has 0 spiro atoms. The largest absolute Gasteiger partial charge is 0.299 e. The van der Waals surface area contributed by atoms with E-state index in [1.807, 2.05) is 0 Å². The van der Waals surface area contributed by atoms with E-state index in [9.17, 15) is 4.79 Å². The first kappa shape index (κ1) is 19.7. The topological polar surface area (TPSA) is 17.1 Å². The van der Waals surface area contributed by atoms with Gasteiger partial charge in [0.1, 0.15) is 5.78 Å². The predicted octanol–water partition coefficient (Wildman–Crippen LogP) is 6.79. The van der Waals surface area contributed by atoms with Gasteiger partial charge in [0.25, 0.3) is 0 Å². The Labute approximate surface area is 139 Å². The number of carbonyl (C=O) groups excluding carboxylic acids is 1. The molecular formula is C21H40O. The van der Waals surface area contributed by atoms with E-state index < -0.39 is 0 Å². The van der Waals surface area contributed by atoms with E-state index >= 15 is 0 Å². The van der Waals surface area contributed by atoms with Crippen LogP contribution < -0.4 is 0 Å². The molecule has 0 aromatic carbocycles. The molecule has 1 rings (SSSR count). The molecule has 0 radical (unpaired) electrons. The Hall–Kier alpha value is -0.330. The van der Waals surface area contributed by atoms with Gasteiger partial charge in [0.2, 0.25) is 0 Å². The second-order valence-corrected chi connectivity index (χ2v) is 10.6. The molecule has 0 amide bonds. The van der Waals surface area contributed by atoms with Crippen molar-refractivity contribution in [1.82, 2.24) is 0 Å². The molecule has 1 heteroatoms. The van der Waals surface area contributed by atoms with Crippen molar-refractivity contribution >= 4 is 5.78 Å². The zero-order valence-corrected chi connectivity index (χ0v) is 16.6. The summed E-state index contributed by atoms with van der Waals surface area (Å²) in [5, 5.41) is 0. The molecule has 0 aliphatic heterocycles. The maximum absolute atomic E-state index is 13.1. The van der Waals surface area contributed by atoms with Gasteiger partial charge < -0.3 is 0 Å². The van der Waals surface area contributed by atoms with Gasteiger partial charge in [0.05, 0.1) is 0 Å². The van der Waals surface area contributed by atoms with Crippen LogP contribution in [0.25, 0.3) is 0 Å². The van der Waals surface area contributed by atoms with Crippen LogP contribution in [-0.2, 0) is 4.79 Å². The molecule has 0 heterocycles. The number of ketones is 1. The lowest BCUT2D eigenvalue weighted by Crippen LogP contribution is -2.43. The van der Waals surface area contributed by atoms with Crippen LogP contribution in [0.1, 0.15) is 107 Å². The van der Waals surface area contributed by atoms with Gasteiger partial charge >= 0.3 is 0 Å². The molecule has 1 fully saturated rings. The highest BCUT2D eigenvalue weighted by molar-refractivity contribution is 5.85. The average Bonchev–Trinajstić information content (AvgIpc) is 2.72. The molecule has 0 N–H and O–H groups in total. The van der Waals surface area contributed by atoms with E-state index in [1.165, 1.54) is 32.1 Å². The van der Waals surface area contributed by atoms with E-state index in [4.69, 9.17) is 0 Å². The quantitative estimate of drug-likeness (QED) is 0.527. The minimum absolute atomic E-state index is 0.0224. The summed E-state index contributed by atoms with van der Waals surface area (Å²) in [5.74, 6) is 0.483. The number of Topliss-reactive ketones (excluding diaryl/α,β-unsaturated/α-hetero) is 1. The van der Waals surface area contributed by atoms with Crippen molar-refractivity contribution in [3.8, 4) is 0 Å².